The van der Waals surface area contributed by atoms with Crippen LogP contribution in [0.5, 0.6) is 0 Å². The highest BCUT2D eigenvalue weighted by atomic mass is 32.1. The fourth-order valence-electron chi connectivity index (χ4n) is 2.96. The first-order valence-electron chi connectivity index (χ1n) is 8.53. The Morgan fingerprint density at radius 3 is 2.72 bits per heavy atom. The second-order valence-electron chi connectivity index (χ2n) is 6.47. The van der Waals surface area contributed by atoms with Crippen molar-refractivity contribution in [2.75, 3.05) is 26.0 Å². The van der Waals surface area contributed by atoms with E-state index >= 15 is 0 Å². The number of hydrogen-bond donors (Lipinski definition) is 1. The average molecular weight is 360 g/mol. The molecule has 0 saturated heterocycles. The van der Waals surface area contributed by atoms with Crippen molar-refractivity contribution in [3.05, 3.63) is 28.4 Å². The summed E-state index contributed by atoms with van der Waals surface area (Å²) in [5.41, 5.74) is 0.892. The number of nitrogens with one attached hydrogen (secondary N) is 1. The highest BCUT2D eigenvalue weighted by Gasteiger charge is 2.23. The largest absolute Gasteiger partial charge is 0.462 e. The minimum atomic E-state index is -0.286. The first-order chi connectivity index (χ1) is 12.0. The lowest BCUT2D eigenvalue weighted by Crippen LogP contribution is -2.19. The molecular formula is C18H24N4O2S. The van der Waals surface area contributed by atoms with Crippen molar-refractivity contribution < 1.29 is 9.53 Å². The van der Waals surface area contributed by atoms with Crippen LogP contribution in [-0.2, 0) is 11.3 Å². The van der Waals surface area contributed by atoms with E-state index in [1.807, 2.05) is 32.8 Å². The predicted molar refractivity (Wildman–Crippen MR) is 101 cm³/mol. The van der Waals surface area contributed by atoms with E-state index in [2.05, 4.69) is 22.5 Å². The minimum Gasteiger partial charge on any atom is -0.462 e. The van der Waals surface area contributed by atoms with Crippen LogP contribution in [0.3, 0.4) is 0 Å². The SMILES string of the molecule is CCOC(=O)c1sc2nc(CN(C)C)nc(NC3CC=CC3)c2c1C. The maximum absolute atomic E-state index is 12.3. The molecule has 0 amide bonds. The molecule has 2 aromatic rings. The molecule has 2 aromatic heterocycles. The number of anilines is 1. The number of carbonyl (C=O) groups is 1. The summed E-state index contributed by atoms with van der Waals surface area (Å²) in [6, 6.07) is 0.343. The number of carbonyl (C=O) groups excluding carboxylic acids is 1. The number of aryl methyl sites for hydroxylation is 1. The van der Waals surface area contributed by atoms with Gasteiger partial charge in [0.05, 0.1) is 18.5 Å². The van der Waals surface area contributed by atoms with Crippen LogP contribution in [0.2, 0.25) is 0 Å². The van der Waals surface area contributed by atoms with Crippen LogP contribution in [0.15, 0.2) is 12.2 Å². The molecule has 2 heterocycles. The fourth-order valence-corrected chi connectivity index (χ4v) is 4.05. The molecule has 0 saturated carbocycles. The molecule has 0 aliphatic heterocycles. The number of ether oxygens (including phenoxy) is 1. The molecule has 0 fully saturated rings. The first kappa shape index (κ1) is 17.8. The number of fused-ring (bicyclic) bond motifs is 1. The van der Waals surface area contributed by atoms with E-state index in [4.69, 9.17) is 9.72 Å². The van der Waals surface area contributed by atoms with Crippen molar-refractivity contribution >= 4 is 33.3 Å². The van der Waals surface area contributed by atoms with Crippen molar-refractivity contribution in [3.8, 4) is 0 Å². The zero-order valence-corrected chi connectivity index (χ0v) is 15.9. The van der Waals surface area contributed by atoms with Gasteiger partial charge in [0.1, 0.15) is 21.3 Å². The van der Waals surface area contributed by atoms with Crippen LogP contribution >= 0.6 is 11.3 Å². The molecule has 25 heavy (non-hydrogen) atoms. The zero-order chi connectivity index (χ0) is 18.0. The number of nitrogens with zero attached hydrogens (tertiary/aromatic N) is 3. The van der Waals surface area contributed by atoms with Gasteiger partial charge in [-0.2, -0.15) is 0 Å². The topological polar surface area (TPSA) is 67.3 Å². The normalized spacial score (nSPS) is 14.6. The van der Waals surface area contributed by atoms with Gasteiger partial charge in [-0.25, -0.2) is 14.8 Å². The summed E-state index contributed by atoms with van der Waals surface area (Å²) in [5.74, 6) is 1.29. The molecule has 0 atom stereocenters. The van der Waals surface area contributed by atoms with Gasteiger partial charge in [-0.15, -0.1) is 11.3 Å². The number of esters is 1. The molecule has 1 aliphatic carbocycles. The van der Waals surface area contributed by atoms with Crippen molar-refractivity contribution in [3.63, 3.8) is 0 Å². The van der Waals surface area contributed by atoms with Gasteiger partial charge in [0.2, 0.25) is 0 Å². The van der Waals surface area contributed by atoms with Crippen LogP contribution in [0.25, 0.3) is 10.2 Å². The Morgan fingerprint density at radius 2 is 2.08 bits per heavy atom. The molecular weight excluding hydrogens is 336 g/mol. The van der Waals surface area contributed by atoms with E-state index in [-0.39, 0.29) is 5.97 Å². The molecule has 1 aliphatic rings. The van der Waals surface area contributed by atoms with Crippen molar-refractivity contribution in [1.29, 1.82) is 0 Å². The number of thiophene rings is 1. The quantitative estimate of drug-likeness (QED) is 0.629. The van der Waals surface area contributed by atoms with Gasteiger partial charge in [0, 0.05) is 6.04 Å². The lowest BCUT2D eigenvalue weighted by Gasteiger charge is -2.16. The van der Waals surface area contributed by atoms with Gasteiger partial charge in [-0.1, -0.05) is 12.2 Å². The van der Waals surface area contributed by atoms with Crippen LogP contribution < -0.4 is 5.32 Å². The van der Waals surface area contributed by atoms with E-state index in [1.54, 1.807) is 0 Å². The molecule has 134 valence electrons. The maximum atomic E-state index is 12.3. The Kier molecular flexibility index (Phi) is 5.34. The Balaban J connectivity index is 2.06. The predicted octanol–water partition coefficient (Wildman–Crippen LogP) is 3.37. The summed E-state index contributed by atoms with van der Waals surface area (Å²) in [5, 5.41) is 4.48. The molecule has 3 rings (SSSR count). The zero-order valence-electron chi connectivity index (χ0n) is 15.1. The average Bonchev–Trinajstić information content (AvgIpc) is 3.15. The number of aromatic nitrogens is 2. The summed E-state index contributed by atoms with van der Waals surface area (Å²) in [4.78, 5) is 25.2. The lowest BCUT2D eigenvalue weighted by atomic mass is 10.1. The van der Waals surface area contributed by atoms with Crippen LogP contribution in [-0.4, -0.2) is 47.6 Å². The summed E-state index contributed by atoms with van der Waals surface area (Å²) in [6.07, 6.45) is 6.34. The summed E-state index contributed by atoms with van der Waals surface area (Å²) >= 11 is 1.39. The summed E-state index contributed by atoms with van der Waals surface area (Å²) in [6.45, 7) is 4.77. The van der Waals surface area contributed by atoms with Crippen molar-refractivity contribution in [2.45, 2.75) is 39.3 Å². The Hall–Kier alpha value is -1.99. The van der Waals surface area contributed by atoms with Crippen LogP contribution in [0.4, 0.5) is 5.82 Å². The molecule has 0 bridgehead atoms. The molecule has 0 radical (unpaired) electrons. The highest BCUT2D eigenvalue weighted by molar-refractivity contribution is 7.20. The Bertz CT molecular complexity index is 805. The van der Waals surface area contributed by atoms with Gasteiger partial charge in [-0.05, 0) is 46.3 Å². The number of hydrogen-bond acceptors (Lipinski definition) is 7. The maximum Gasteiger partial charge on any atom is 0.348 e. The smallest absolute Gasteiger partial charge is 0.348 e. The molecule has 0 aromatic carbocycles. The van der Waals surface area contributed by atoms with Crippen LogP contribution in [0.1, 0.15) is 40.8 Å². The van der Waals surface area contributed by atoms with Gasteiger partial charge >= 0.3 is 5.97 Å². The van der Waals surface area contributed by atoms with E-state index in [9.17, 15) is 4.79 Å². The van der Waals surface area contributed by atoms with E-state index in [1.165, 1.54) is 11.3 Å². The monoisotopic (exact) mass is 360 g/mol. The van der Waals surface area contributed by atoms with Gasteiger partial charge in [0.25, 0.3) is 0 Å². The van der Waals surface area contributed by atoms with Crippen LogP contribution in [0, 0.1) is 6.92 Å². The Labute approximate surface area is 151 Å². The highest BCUT2D eigenvalue weighted by Crippen LogP contribution is 2.35. The number of rotatable bonds is 6. The molecule has 0 unspecified atom stereocenters. The molecule has 0 spiro atoms. The minimum absolute atomic E-state index is 0.286. The lowest BCUT2D eigenvalue weighted by molar-refractivity contribution is 0.0531. The summed E-state index contributed by atoms with van der Waals surface area (Å²) < 4.78 is 5.19. The second-order valence-corrected chi connectivity index (χ2v) is 7.47. The fraction of sp³-hybridized carbons (Fsp3) is 0.500. The van der Waals surface area contributed by atoms with Crippen molar-refractivity contribution in [1.82, 2.24) is 14.9 Å². The van der Waals surface area contributed by atoms with Gasteiger partial charge in [-0.3, -0.25) is 0 Å². The molecule has 6 nitrogen and oxygen atoms in total. The van der Waals surface area contributed by atoms with E-state index < -0.39 is 0 Å². The van der Waals surface area contributed by atoms with E-state index in [0.717, 1.165) is 40.3 Å². The first-order valence-corrected chi connectivity index (χ1v) is 9.34. The standard InChI is InChI=1S/C18H24N4O2S/c1-5-24-18(23)15-11(2)14-16(19-12-8-6-7-9-12)20-13(10-22(3)4)21-17(14)25-15/h6-7,12H,5,8-10H2,1-4H3,(H,19,20,21). The van der Waals surface area contributed by atoms with Gasteiger partial charge < -0.3 is 15.0 Å². The molecule has 1 N–H and O–H groups in total. The van der Waals surface area contributed by atoms with E-state index in [0.29, 0.717) is 24.1 Å². The van der Waals surface area contributed by atoms with Gasteiger partial charge in [0.15, 0.2) is 0 Å². The third-order valence-corrected chi connectivity index (χ3v) is 5.27. The summed E-state index contributed by atoms with van der Waals surface area (Å²) in [7, 11) is 3.98. The Morgan fingerprint density at radius 1 is 1.36 bits per heavy atom. The third-order valence-electron chi connectivity index (χ3n) is 4.10. The second kappa shape index (κ2) is 7.49. The third kappa shape index (κ3) is 3.82. The molecule has 7 heteroatoms. The van der Waals surface area contributed by atoms with Crippen molar-refractivity contribution in [2.24, 2.45) is 0 Å².